The van der Waals surface area contributed by atoms with Gasteiger partial charge in [0, 0.05) is 24.3 Å². The number of carbonyl (C=O) groups excluding carboxylic acids is 1. The molecule has 0 spiro atoms. The normalized spacial score (nSPS) is 11.5. The van der Waals surface area contributed by atoms with Crippen LogP contribution in [-0.2, 0) is 10.0 Å². The molecule has 28 heavy (non-hydrogen) atoms. The third kappa shape index (κ3) is 4.19. The highest BCUT2D eigenvalue weighted by Gasteiger charge is 2.22. The number of carbonyl (C=O) groups is 1. The second kappa shape index (κ2) is 8.47. The van der Waals surface area contributed by atoms with Crippen LogP contribution >= 0.6 is 11.3 Å². The van der Waals surface area contributed by atoms with E-state index in [2.05, 4.69) is 23.5 Å². The van der Waals surface area contributed by atoms with Crippen molar-refractivity contribution in [2.24, 2.45) is 0 Å². The number of benzene rings is 2. The van der Waals surface area contributed by atoms with Gasteiger partial charge in [-0.15, -0.1) is 24.5 Å². The molecular weight excluding hydrogens is 394 g/mol. The molecule has 0 saturated heterocycles. The Bertz CT molecular complexity index is 1110. The second-order valence-corrected chi connectivity index (χ2v) is 8.74. The van der Waals surface area contributed by atoms with E-state index >= 15 is 0 Å². The fourth-order valence-corrected chi connectivity index (χ4v) is 4.67. The smallest absolute Gasteiger partial charge is 0.255 e. The van der Waals surface area contributed by atoms with Gasteiger partial charge in [-0.05, 0) is 42.5 Å². The molecule has 2 aromatic carbocycles. The number of hydrogen-bond donors (Lipinski definition) is 1. The van der Waals surface area contributed by atoms with Crippen molar-refractivity contribution in [3.63, 3.8) is 0 Å². The maximum Gasteiger partial charge on any atom is 0.255 e. The number of rotatable bonds is 8. The molecule has 1 N–H and O–H groups in total. The quantitative estimate of drug-likeness (QED) is 0.568. The van der Waals surface area contributed by atoms with Gasteiger partial charge in [0.2, 0.25) is 10.0 Å². The molecule has 3 rings (SSSR count). The highest BCUT2D eigenvalue weighted by Crippen LogP contribution is 2.22. The summed E-state index contributed by atoms with van der Waals surface area (Å²) in [4.78, 5) is 16.8. The van der Waals surface area contributed by atoms with Crippen LogP contribution in [0.15, 0.2) is 78.2 Å². The minimum atomic E-state index is -3.69. The fraction of sp³-hybridized carbons (Fsp3) is 0.100. The first-order valence-electron chi connectivity index (χ1n) is 8.42. The standard InChI is InChI=1S/C20H19N3O3S2/c1-3-11-23(12-4-2)28(25,26)17-8-5-15(6-9-17)20(24)22-16-7-10-19-18(13-16)21-14-27-19/h3-10,13-14H,1-2,11-12H2,(H,22,24). The van der Waals surface area contributed by atoms with Crippen molar-refractivity contribution in [1.29, 1.82) is 0 Å². The van der Waals surface area contributed by atoms with E-state index < -0.39 is 10.0 Å². The summed E-state index contributed by atoms with van der Waals surface area (Å²) in [5.74, 6) is -0.326. The van der Waals surface area contributed by atoms with Crippen LogP contribution in [0.2, 0.25) is 0 Å². The van der Waals surface area contributed by atoms with Crippen LogP contribution in [0.4, 0.5) is 5.69 Å². The van der Waals surface area contributed by atoms with E-state index in [1.54, 1.807) is 17.6 Å². The summed E-state index contributed by atoms with van der Waals surface area (Å²) >= 11 is 1.53. The van der Waals surface area contributed by atoms with Gasteiger partial charge in [-0.2, -0.15) is 4.31 Å². The summed E-state index contributed by atoms with van der Waals surface area (Å²) in [6.45, 7) is 7.52. The Balaban J connectivity index is 1.78. The summed E-state index contributed by atoms with van der Waals surface area (Å²) < 4.78 is 27.7. The molecule has 3 aromatic rings. The summed E-state index contributed by atoms with van der Waals surface area (Å²) in [5, 5.41) is 2.80. The lowest BCUT2D eigenvalue weighted by Crippen LogP contribution is -2.31. The van der Waals surface area contributed by atoms with Crippen LogP contribution in [0.3, 0.4) is 0 Å². The zero-order chi connectivity index (χ0) is 20.1. The van der Waals surface area contributed by atoms with E-state index in [0.29, 0.717) is 11.3 Å². The van der Waals surface area contributed by atoms with Gasteiger partial charge in [-0.1, -0.05) is 12.2 Å². The first-order valence-corrected chi connectivity index (χ1v) is 10.7. The van der Waals surface area contributed by atoms with Crippen molar-refractivity contribution < 1.29 is 13.2 Å². The molecule has 1 aromatic heterocycles. The van der Waals surface area contributed by atoms with Crippen LogP contribution in [0.1, 0.15) is 10.4 Å². The fourth-order valence-electron chi connectivity index (χ4n) is 2.62. The van der Waals surface area contributed by atoms with Crippen molar-refractivity contribution >= 4 is 43.2 Å². The lowest BCUT2D eigenvalue weighted by atomic mass is 10.2. The first kappa shape index (κ1) is 19.9. The molecule has 1 heterocycles. The van der Waals surface area contributed by atoms with E-state index in [0.717, 1.165) is 10.2 Å². The molecule has 1 amide bonds. The summed E-state index contributed by atoms with van der Waals surface area (Å²) in [7, 11) is -3.69. The van der Waals surface area contributed by atoms with Crippen molar-refractivity contribution in [2.45, 2.75) is 4.90 Å². The number of amides is 1. The highest BCUT2D eigenvalue weighted by molar-refractivity contribution is 7.89. The van der Waals surface area contributed by atoms with Gasteiger partial charge in [-0.3, -0.25) is 4.79 Å². The number of thiazole rings is 1. The molecule has 0 radical (unpaired) electrons. The molecular formula is C20H19N3O3S2. The van der Waals surface area contributed by atoms with Gasteiger partial charge in [0.05, 0.1) is 20.6 Å². The number of aromatic nitrogens is 1. The van der Waals surface area contributed by atoms with E-state index in [9.17, 15) is 13.2 Å². The Labute approximate surface area is 167 Å². The molecule has 8 heteroatoms. The Morgan fingerprint density at radius 3 is 2.43 bits per heavy atom. The van der Waals surface area contributed by atoms with Crippen LogP contribution in [0.25, 0.3) is 10.2 Å². The topological polar surface area (TPSA) is 79.4 Å². The molecule has 6 nitrogen and oxygen atoms in total. The number of nitrogens with one attached hydrogen (secondary N) is 1. The number of hydrogen-bond acceptors (Lipinski definition) is 5. The first-order chi connectivity index (χ1) is 13.5. The van der Waals surface area contributed by atoms with E-state index in [1.807, 2.05) is 6.07 Å². The van der Waals surface area contributed by atoms with Gasteiger partial charge in [-0.25, -0.2) is 13.4 Å². The van der Waals surface area contributed by atoms with Gasteiger partial charge in [0.25, 0.3) is 5.91 Å². The molecule has 0 aliphatic rings. The Hall–Kier alpha value is -2.81. The predicted octanol–water partition coefficient (Wildman–Crippen LogP) is 3.91. The minimum Gasteiger partial charge on any atom is -0.322 e. The van der Waals surface area contributed by atoms with Crippen LogP contribution < -0.4 is 5.32 Å². The minimum absolute atomic E-state index is 0.108. The molecule has 0 bridgehead atoms. The molecule has 0 atom stereocenters. The van der Waals surface area contributed by atoms with Crippen molar-refractivity contribution in [1.82, 2.24) is 9.29 Å². The maximum absolute atomic E-state index is 12.7. The SMILES string of the molecule is C=CCN(CC=C)S(=O)(=O)c1ccc(C(=O)Nc2ccc3scnc3c2)cc1. The maximum atomic E-state index is 12.7. The Morgan fingerprint density at radius 1 is 1.11 bits per heavy atom. The predicted molar refractivity (Wildman–Crippen MR) is 113 cm³/mol. The monoisotopic (exact) mass is 413 g/mol. The number of nitrogens with zero attached hydrogens (tertiary/aromatic N) is 2. The van der Waals surface area contributed by atoms with Crippen molar-refractivity contribution in [2.75, 3.05) is 18.4 Å². The number of fused-ring (bicyclic) bond motifs is 1. The third-order valence-corrected chi connectivity index (χ3v) is 6.66. The van der Waals surface area contributed by atoms with Crippen molar-refractivity contribution in [3.8, 4) is 0 Å². The van der Waals surface area contributed by atoms with E-state index in [1.165, 1.54) is 52.1 Å². The average Bonchev–Trinajstić information content (AvgIpc) is 3.15. The number of sulfonamides is 1. The lowest BCUT2D eigenvalue weighted by molar-refractivity contribution is 0.102. The summed E-state index contributed by atoms with van der Waals surface area (Å²) in [5.41, 5.74) is 3.55. The molecule has 144 valence electrons. The number of anilines is 1. The Kier molecular flexibility index (Phi) is 6.03. The highest BCUT2D eigenvalue weighted by atomic mass is 32.2. The van der Waals surface area contributed by atoms with Gasteiger partial charge >= 0.3 is 0 Å². The third-order valence-electron chi connectivity index (χ3n) is 4.01. The molecule has 0 unspecified atom stereocenters. The summed E-state index contributed by atoms with van der Waals surface area (Å²) in [6.07, 6.45) is 3.03. The van der Waals surface area contributed by atoms with Crippen molar-refractivity contribution in [3.05, 3.63) is 78.8 Å². The lowest BCUT2D eigenvalue weighted by Gasteiger charge is -2.19. The van der Waals surface area contributed by atoms with Crippen LogP contribution in [-0.4, -0.2) is 36.7 Å². The molecule has 0 fully saturated rings. The van der Waals surface area contributed by atoms with E-state index in [-0.39, 0.29) is 23.9 Å². The van der Waals surface area contributed by atoms with Gasteiger partial charge in [0.15, 0.2) is 0 Å². The largest absolute Gasteiger partial charge is 0.322 e. The van der Waals surface area contributed by atoms with E-state index in [4.69, 9.17) is 0 Å². The Morgan fingerprint density at radius 2 is 1.79 bits per heavy atom. The van der Waals surface area contributed by atoms with Crippen LogP contribution in [0.5, 0.6) is 0 Å². The molecule has 0 saturated carbocycles. The van der Waals surface area contributed by atoms with Crippen LogP contribution in [0, 0.1) is 0 Å². The zero-order valence-electron chi connectivity index (χ0n) is 15.0. The average molecular weight is 414 g/mol. The summed E-state index contributed by atoms with van der Waals surface area (Å²) in [6, 6.07) is 11.3. The molecule has 0 aliphatic heterocycles. The van der Waals surface area contributed by atoms with Gasteiger partial charge < -0.3 is 5.32 Å². The second-order valence-electron chi connectivity index (χ2n) is 5.91. The molecule has 0 aliphatic carbocycles. The van der Waals surface area contributed by atoms with Gasteiger partial charge in [0.1, 0.15) is 0 Å². The zero-order valence-corrected chi connectivity index (χ0v) is 16.7.